The Morgan fingerprint density at radius 1 is 1.83 bits per heavy atom. The number of aromatic nitrogens is 1. The molecule has 1 heterocycles. The van der Waals surface area contributed by atoms with Crippen LogP contribution in [0.4, 0.5) is 0 Å². The van der Waals surface area contributed by atoms with Gasteiger partial charge in [-0.05, 0) is 0 Å². The fraction of sp³-hybridized carbons (Fsp3) is 0.200. The molecule has 0 radical (unpaired) electrons. The van der Waals surface area contributed by atoms with E-state index >= 15 is 0 Å². The molecule has 0 amide bonds. The molecule has 0 bridgehead atoms. The van der Waals surface area contributed by atoms with Crippen molar-refractivity contribution >= 4 is 18.4 Å². The molecule has 1 atom stereocenters. The molecule has 2 N–H and O–H groups in total. The summed E-state index contributed by atoms with van der Waals surface area (Å²) < 4.78 is 7.60. The summed E-state index contributed by atoms with van der Waals surface area (Å²) in [6, 6.07) is -0.298. The van der Waals surface area contributed by atoms with Gasteiger partial charge in [-0.25, -0.2) is 4.79 Å². The number of H-pyrrole nitrogens is 1. The summed E-state index contributed by atoms with van der Waals surface area (Å²) in [6.45, 7) is 0. The van der Waals surface area contributed by atoms with Crippen molar-refractivity contribution in [3.05, 3.63) is 22.2 Å². The van der Waals surface area contributed by atoms with E-state index in [1.165, 1.54) is 0 Å². The van der Waals surface area contributed by atoms with Crippen molar-refractivity contribution < 1.29 is 14.4 Å². The zero-order chi connectivity index (χ0) is 9.14. The Morgan fingerprint density at radius 2 is 2.50 bits per heavy atom. The van der Waals surface area contributed by atoms with E-state index in [9.17, 15) is 9.59 Å². The largest absolute Gasteiger partial charge is 0.479 e. The fourth-order valence-electron chi connectivity index (χ4n) is 0.651. The van der Waals surface area contributed by atoms with Gasteiger partial charge in [-0.3, -0.25) is 4.79 Å². The molecule has 12 heavy (non-hydrogen) atoms. The van der Waals surface area contributed by atoms with E-state index in [0.717, 1.165) is 6.07 Å². The van der Waals surface area contributed by atoms with Gasteiger partial charge in [-0.2, -0.15) is 9.52 Å². The van der Waals surface area contributed by atoms with E-state index in [-0.39, 0.29) is 5.76 Å². The van der Waals surface area contributed by atoms with Gasteiger partial charge in [0.15, 0.2) is 5.76 Å². The smallest absolute Gasteiger partial charge is 0.337 e. The van der Waals surface area contributed by atoms with Crippen LogP contribution in [-0.4, -0.2) is 16.2 Å². The molecule has 7 heteroatoms. The number of hydrogen-bond acceptors (Lipinski definition) is 5. The lowest BCUT2D eigenvalue weighted by Crippen LogP contribution is -2.07. The molecule has 1 rings (SSSR count). The van der Waals surface area contributed by atoms with Crippen molar-refractivity contribution in [1.29, 1.82) is 0 Å². The Kier molecular flexibility index (Phi) is 2.34. The molecule has 64 valence electrons. The Labute approximate surface area is 71.3 Å². The van der Waals surface area contributed by atoms with Crippen molar-refractivity contribution in [3.8, 4) is 0 Å². The van der Waals surface area contributed by atoms with Gasteiger partial charge in [0.1, 0.15) is 0 Å². The van der Waals surface area contributed by atoms with Gasteiger partial charge in [0.25, 0.3) is 5.56 Å². The second kappa shape index (κ2) is 3.26. The van der Waals surface area contributed by atoms with Crippen molar-refractivity contribution in [2.75, 3.05) is 0 Å². The first kappa shape index (κ1) is 8.60. The van der Waals surface area contributed by atoms with Crippen LogP contribution in [0.5, 0.6) is 0 Å². The molecule has 0 saturated heterocycles. The van der Waals surface area contributed by atoms with Crippen LogP contribution in [0.3, 0.4) is 0 Å². The van der Waals surface area contributed by atoms with E-state index in [0.29, 0.717) is 0 Å². The number of aliphatic carboxylic acids is 1. The first-order valence-electron chi connectivity index (χ1n) is 2.89. The van der Waals surface area contributed by atoms with Crippen LogP contribution in [0.25, 0.3) is 0 Å². The molecule has 0 unspecified atom stereocenters. The number of carboxylic acids is 1. The lowest BCUT2D eigenvalue weighted by molar-refractivity contribution is -0.139. The van der Waals surface area contributed by atoms with Gasteiger partial charge in [0.05, 0.1) is 6.07 Å². The summed E-state index contributed by atoms with van der Waals surface area (Å²) in [5.41, 5.74) is -0.519. The van der Waals surface area contributed by atoms with Gasteiger partial charge in [0.2, 0.25) is 6.04 Å². The minimum Gasteiger partial charge on any atom is -0.479 e. The molecular weight excluding hydrogens is 184 g/mol. The van der Waals surface area contributed by atoms with Gasteiger partial charge < -0.3 is 9.63 Å². The number of aromatic amines is 1. The highest BCUT2D eigenvalue weighted by Crippen LogP contribution is 2.14. The second-order valence-corrected chi connectivity index (χ2v) is 2.17. The third kappa shape index (κ3) is 1.56. The summed E-state index contributed by atoms with van der Waals surface area (Å²) in [5.74, 6) is -1.35. The van der Waals surface area contributed by atoms with E-state index in [4.69, 9.17) is 5.11 Å². The predicted octanol–water partition coefficient (Wildman–Crippen LogP) is -0.176. The van der Waals surface area contributed by atoms with E-state index in [1.54, 1.807) is 0 Å². The first-order chi connectivity index (χ1) is 5.65. The lowest BCUT2D eigenvalue weighted by Gasteiger charge is -1.97. The Bertz CT molecular complexity index is 354. The maximum atomic E-state index is 10.5. The molecule has 0 aliphatic heterocycles. The van der Waals surface area contributed by atoms with E-state index in [2.05, 4.69) is 21.3 Å². The number of carbonyl (C=O) groups is 1. The lowest BCUT2D eigenvalue weighted by atomic mass is 10.2. The monoisotopic (exact) mass is 188 g/mol. The third-order valence-corrected chi connectivity index (χ3v) is 1.36. The summed E-state index contributed by atoms with van der Waals surface area (Å²) >= 11 is 4.21. The van der Waals surface area contributed by atoms with E-state index in [1.807, 2.05) is 5.16 Å². The molecule has 0 fully saturated rings. The minimum atomic E-state index is -1.29. The highest BCUT2D eigenvalue weighted by atomic mass is 32.1. The van der Waals surface area contributed by atoms with Crippen LogP contribution in [0, 0.1) is 0 Å². The zero-order valence-electron chi connectivity index (χ0n) is 5.68. The maximum absolute atomic E-state index is 10.5. The fourth-order valence-corrected chi connectivity index (χ4v) is 0.845. The standard InChI is InChI=1S/C5H4N2O4S/c8-3-1-2(11-6-3)4(7-12)5(9)10/h1,4H,(H,6,8)(H,9,10)/t4-/m0/s1. The Balaban J connectivity index is 3.02. The molecule has 0 saturated carbocycles. The van der Waals surface area contributed by atoms with Crippen LogP contribution < -0.4 is 5.56 Å². The Hall–Kier alpha value is -1.50. The number of carboxylic acid groups (broad SMARTS) is 1. The van der Waals surface area contributed by atoms with Crippen LogP contribution in [0.1, 0.15) is 11.8 Å². The second-order valence-electron chi connectivity index (χ2n) is 1.96. The average Bonchev–Trinajstić information content (AvgIpc) is 2.37. The van der Waals surface area contributed by atoms with Gasteiger partial charge in [-0.15, -0.1) is 0 Å². The molecule has 0 spiro atoms. The van der Waals surface area contributed by atoms with Crippen molar-refractivity contribution in [3.63, 3.8) is 0 Å². The average molecular weight is 188 g/mol. The summed E-state index contributed by atoms with van der Waals surface area (Å²) in [7, 11) is 0. The van der Waals surface area contributed by atoms with Gasteiger partial charge in [-0.1, -0.05) is 0 Å². The molecule has 0 aliphatic rings. The number of hydrogen-bond donors (Lipinski definition) is 2. The normalized spacial score (nSPS) is 12.3. The quantitative estimate of drug-likeness (QED) is 0.686. The SMILES string of the molecule is O=C(O)[C@@H](N=S)c1cc(=O)[nH]o1. The topological polar surface area (TPSA) is 95.7 Å². The molecule has 0 aromatic carbocycles. The minimum absolute atomic E-state index is 0.0949. The van der Waals surface area contributed by atoms with Gasteiger partial charge >= 0.3 is 5.97 Å². The number of nitrogens with zero attached hydrogens (tertiary/aromatic N) is 1. The van der Waals surface area contributed by atoms with Gasteiger partial charge in [0, 0.05) is 12.4 Å². The van der Waals surface area contributed by atoms with Crippen molar-refractivity contribution in [2.24, 2.45) is 4.36 Å². The van der Waals surface area contributed by atoms with Crippen molar-refractivity contribution in [1.82, 2.24) is 5.16 Å². The van der Waals surface area contributed by atoms with Crippen LogP contribution in [0.2, 0.25) is 0 Å². The summed E-state index contributed by atoms with van der Waals surface area (Å²) in [6.07, 6.45) is 0. The van der Waals surface area contributed by atoms with Crippen LogP contribution in [0.15, 0.2) is 19.7 Å². The summed E-state index contributed by atoms with van der Waals surface area (Å²) in [5, 5.41) is 10.4. The highest BCUT2D eigenvalue weighted by molar-refractivity contribution is 7.47. The molecular formula is C5H4N2O4S. The van der Waals surface area contributed by atoms with Crippen LogP contribution in [-0.2, 0) is 17.2 Å². The first-order valence-corrected chi connectivity index (χ1v) is 3.25. The molecule has 0 aliphatic carbocycles. The highest BCUT2D eigenvalue weighted by Gasteiger charge is 2.22. The Morgan fingerprint density at radius 3 is 2.83 bits per heavy atom. The number of nitrogens with one attached hydrogen (secondary N) is 1. The van der Waals surface area contributed by atoms with Crippen molar-refractivity contribution in [2.45, 2.75) is 6.04 Å². The predicted molar refractivity (Wildman–Crippen MR) is 39.5 cm³/mol. The molecule has 1 aromatic rings. The van der Waals surface area contributed by atoms with E-state index < -0.39 is 17.6 Å². The zero-order valence-corrected chi connectivity index (χ0v) is 6.50. The molecule has 6 nitrogen and oxygen atoms in total. The van der Waals surface area contributed by atoms with Crippen LogP contribution >= 0.6 is 0 Å². The maximum Gasteiger partial charge on any atom is 0.337 e. The third-order valence-electron chi connectivity index (χ3n) is 1.15. The molecule has 1 aromatic heterocycles. The summed E-state index contributed by atoms with van der Waals surface area (Å²) in [4.78, 5) is 20.9. The number of rotatable bonds is 3.